The highest BCUT2D eigenvalue weighted by atomic mass is 32.2. The van der Waals surface area contributed by atoms with Gasteiger partial charge in [0.15, 0.2) is 5.54 Å². The smallest absolute Gasteiger partial charge is 0.332 e. The van der Waals surface area contributed by atoms with Crippen molar-refractivity contribution in [2.45, 2.75) is 12.5 Å². The number of hydrogen-bond acceptors (Lipinski definition) is 10. The monoisotopic (exact) mass is 487 g/mol. The second-order valence-electron chi connectivity index (χ2n) is 7.25. The first-order valence-corrected chi connectivity index (χ1v) is 11.7. The molecule has 0 bridgehead atoms. The van der Waals surface area contributed by atoms with Gasteiger partial charge in [-0.25, -0.2) is 4.79 Å². The normalized spacial score (nSPS) is 17.8. The van der Waals surface area contributed by atoms with Crippen LogP contribution in [0.15, 0.2) is 23.2 Å². The third-order valence-electron chi connectivity index (χ3n) is 4.54. The third-order valence-corrected chi connectivity index (χ3v) is 5.83. The van der Waals surface area contributed by atoms with Crippen LogP contribution < -0.4 is 4.74 Å². The lowest BCUT2D eigenvalue weighted by molar-refractivity contribution is -0.141. The van der Waals surface area contributed by atoms with Gasteiger partial charge in [-0.1, -0.05) is 0 Å². The van der Waals surface area contributed by atoms with E-state index in [1.54, 1.807) is 26.2 Å². The molecule has 0 fully saturated rings. The number of phenolic OH excluding ortho intramolecular Hbond substituents is 1. The molecule has 11 heteroatoms. The molecule has 1 aliphatic rings. The maximum Gasteiger partial charge on any atom is 0.332 e. The highest BCUT2D eigenvalue weighted by Crippen LogP contribution is 2.35. The maximum absolute atomic E-state index is 11.4. The lowest BCUT2D eigenvalue weighted by Crippen LogP contribution is -2.33. The van der Waals surface area contributed by atoms with Gasteiger partial charge in [-0.3, -0.25) is 4.99 Å². The molecule has 2 N–H and O–H groups in total. The zero-order valence-electron chi connectivity index (χ0n) is 19.1. The van der Waals surface area contributed by atoms with Gasteiger partial charge in [0.05, 0.1) is 65.0 Å². The Kier molecular flexibility index (Phi) is 12.5. The number of methoxy groups -OCH3 is 1. The van der Waals surface area contributed by atoms with Crippen molar-refractivity contribution >= 4 is 22.8 Å². The summed E-state index contributed by atoms with van der Waals surface area (Å²) in [5, 5.41) is 20.0. The van der Waals surface area contributed by atoms with Gasteiger partial charge in [-0.2, -0.15) is 0 Å². The van der Waals surface area contributed by atoms with Crippen LogP contribution in [0, 0.1) is 0 Å². The van der Waals surface area contributed by atoms with Crippen molar-refractivity contribution in [3.8, 4) is 11.5 Å². The fourth-order valence-corrected chi connectivity index (χ4v) is 3.83. The van der Waals surface area contributed by atoms with Crippen LogP contribution in [0.1, 0.15) is 12.5 Å². The summed E-state index contributed by atoms with van der Waals surface area (Å²) in [6.07, 6.45) is 0. The highest BCUT2D eigenvalue weighted by molar-refractivity contribution is 8.14. The van der Waals surface area contributed by atoms with Crippen molar-refractivity contribution in [3.63, 3.8) is 0 Å². The van der Waals surface area contributed by atoms with Crippen molar-refractivity contribution in [1.29, 1.82) is 0 Å². The number of aromatic hydroxyl groups is 1. The van der Waals surface area contributed by atoms with Gasteiger partial charge >= 0.3 is 5.97 Å². The van der Waals surface area contributed by atoms with Gasteiger partial charge in [0.1, 0.15) is 23.1 Å². The Morgan fingerprint density at radius 2 is 1.52 bits per heavy atom. The first-order chi connectivity index (χ1) is 16.0. The van der Waals surface area contributed by atoms with Crippen molar-refractivity contribution in [2.75, 3.05) is 78.9 Å². The Morgan fingerprint density at radius 3 is 2.03 bits per heavy atom. The van der Waals surface area contributed by atoms with E-state index in [4.69, 9.17) is 28.4 Å². The summed E-state index contributed by atoms with van der Waals surface area (Å²) < 4.78 is 32.1. The van der Waals surface area contributed by atoms with Crippen LogP contribution in [0.4, 0.5) is 0 Å². The minimum Gasteiger partial charge on any atom is -0.507 e. The number of nitrogens with zero attached hydrogens (tertiary/aromatic N) is 1. The van der Waals surface area contributed by atoms with Crippen LogP contribution in [0.5, 0.6) is 11.5 Å². The maximum atomic E-state index is 11.4. The molecule has 1 aromatic carbocycles. The van der Waals surface area contributed by atoms with E-state index < -0.39 is 11.5 Å². The molecule has 0 aliphatic carbocycles. The third kappa shape index (κ3) is 9.86. The van der Waals surface area contributed by atoms with Crippen molar-refractivity contribution < 1.29 is 43.4 Å². The molecule has 0 radical (unpaired) electrons. The quantitative estimate of drug-likeness (QED) is 0.296. The van der Waals surface area contributed by atoms with Gasteiger partial charge in [0.2, 0.25) is 0 Å². The predicted molar refractivity (Wildman–Crippen MR) is 124 cm³/mol. The number of carboxylic acid groups (broad SMARTS) is 1. The Bertz CT molecular complexity index is 761. The topological polar surface area (TPSA) is 125 Å². The van der Waals surface area contributed by atoms with Gasteiger partial charge < -0.3 is 38.6 Å². The standard InChI is InChI=1S/C22H33NO9S/c1-22(21(25)26)16-33-20(23-22)18-15-17(3-4-19(18)24)32-14-13-31-12-11-30-10-9-29-8-7-28-6-5-27-2/h3-4,15,24H,5-14,16H2,1-2H3,(H,25,26)/t22-/m1/s1. The van der Waals surface area contributed by atoms with E-state index in [2.05, 4.69) is 4.99 Å². The number of benzene rings is 1. The molecule has 10 nitrogen and oxygen atoms in total. The Labute approximate surface area is 198 Å². The molecule has 0 saturated heterocycles. The van der Waals surface area contributed by atoms with E-state index in [1.807, 2.05) is 0 Å². The van der Waals surface area contributed by atoms with Crippen LogP contribution >= 0.6 is 11.8 Å². The molecule has 1 atom stereocenters. The van der Waals surface area contributed by atoms with Crippen molar-refractivity contribution in [2.24, 2.45) is 4.99 Å². The molecule has 0 aromatic heterocycles. The minimum absolute atomic E-state index is 0.0271. The molecular formula is C22H33NO9S. The summed E-state index contributed by atoms with van der Waals surface area (Å²) in [6.45, 7) is 6.31. The average molecular weight is 488 g/mol. The number of hydrogen-bond donors (Lipinski definition) is 2. The van der Waals surface area contributed by atoms with Gasteiger partial charge in [-0.05, 0) is 25.1 Å². The molecular weight excluding hydrogens is 454 g/mol. The number of rotatable bonds is 18. The first-order valence-electron chi connectivity index (χ1n) is 10.7. The van der Waals surface area contributed by atoms with E-state index in [-0.39, 0.29) is 5.75 Å². The summed E-state index contributed by atoms with van der Waals surface area (Å²) in [6, 6.07) is 4.80. The fourth-order valence-electron chi connectivity index (χ4n) is 2.64. The van der Waals surface area contributed by atoms with E-state index in [0.29, 0.717) is 88.2 Å². The molecule has 186 valence electrons. The molecule has 0 amide bonds. The van der Waals surface area contributed by atoms with Gasteiger partial charge in [0.25, 0.3) is 0 Å². The van der Waals surface area contributed by atoms with E-state index in [9.17, 15) is 15.0 Å². The largest absolute Gasteiger partial charge is 0.507 e. The minimum atomic E-state index is -1.19. The Morgan fingerprint density at radius 1 is 0.970 bits per heavy atom. The highest BCUT2D eigenvalue weighted by Gasteiger charge is 2.39. The number of thioether (sulfide) groups is 1. The Balaban J connectivity index is 1.55. The number of phenols is 1. The lowest BCUT2D eigenvalue weighted by Gasteiger charge is -2.12. The lowest BCUT2D eigenvalue weighted by atomic mass is 10.1. The molecule has 1 aromatic rings. The van der Waals surface area contributed by atoms with Crippen LogP contribution in [0.2, 0.25) is 0 Å². The molecule has 1 aliphatic heterocycles. The van der Waals surface area contributed by atoms with Crippen LogP contribution in [-0.4, -0.2) is 106 Å². The molecule has 2 rings (SSSR count). The Hall–Kier alpha value is -1.89. The van der Waals surface area contributed by atoms with Gasteiger partial charge in [-0.15, -0.1) is 11.8 Å². The molecule has 33 heavy (non-hydrogen) atoms. The zero-order chi connectivity index (χ0) is 23.9. The molecule has 0 spiro atoms. The van der Waals surface area contributed by atoms with Crippen LogP contribution in [0.25, 0.3) is 0 Å². The van der Waals surface area contributed by atoms with Crippen LogP contribution in [0.3, 0.4) is 0 Å². The number of aliphatic carboxylic acids is 1. The number of ether oxygens (including phenoxy) is 6. The van der Waals surface area contributed by atoms with Crippen molar-refractivity contribution in [1.82, 2.24) is 0 Å². The summed E-state index contributed by atoms with van der Waals surface area (Å²) in [4.78, 5) is 15.7. The SMILES string of the molecule is COCCOCCOCCOCCOCCOc1ccc(O)c(C2=N[C@@](C)(C(=O)O)CS2)c1. The van der Waals surface area contributed by atoms with E-state index >= 15 is 0 Å². The fraction of sp³-hybridized carbons (Fsp3) is 0.636. The first kappa shape index (κ1) is 27.4. The second-order valence-corrected chi connectivity index (χ2v) is 8.22. The van der Waals surface area contributed by atoms with E-state index in [1.165, 1.54) is 17.8 Å². The number of aliphatic imine (C=N–C) groups is 1. The van der Waals surface area contributed by atoms with E-state index in [0.717, 1.165) is 0 Å². The summed E-state index contributed by atoms with van der Waals surface area (Å²) in [5.74, 6) is -0.112. The second kappa shape index (κ2) is 15.1. The molecule has 1 heterocycles. The summed E-state index contributed by atoms with van der Waals surface area (Å²) in [5.41, 5.74) is -0.732. The van der Waals surface area contributed by atoms with Crippen molar-refractivity contribution in [3.05, 3.63) is 23.8 Å². The number of carboxylic acids is 1. The van der Waals surface area contributed by atoms with Gasteiger partial charge in [0, 0.05) is 12.9 Å². The molecule has 0 unspecified atom stereocenters. The summed E-state index contributed by atoms with van der Waals surface area (Å²) in [7, 11) is 1.63. The van der Waals surface area contributed by atoms with Crippen LogP contribution in [-0.2, 0) is 28.5 Å². The number of carbonyl (C=O) groups is 1. The zero-order valence-corrected chi connectivity index (χ0v) is 19.9. The molecule has 0 saturated carbocycles. The predicted octanol–water partition coefficient (Wildman–Crippen LogP) is 1.82. The average Bonchev–Trinajstić information content (AvgIpc) is 3.21. The summed E-state index contributed by atoms with van der Waals surface area (Å²) >= 11 is 1.30.